The van der Waals surface area contributed by atoms with Crippen molar-refractivity contribution in [2.45, 2.75) is 26.7 Å². The molecular formula is C15H15Cl2NO3. The first kappa shape index (κ1) is 16.0. The zero-order valence-corrected chi connectivity index (χ0v) is 13.2. The molecule has 6 heteroatoms. The van der Waals surface area contributed by atoms with Gasteiger partial charge in [-0.3, -0.25) is 14.4 Å². The number of carbonyl (C=O) groups excluding carboxylic acids is 3. The molecular weight excluding hydrogens is 313 g/mol. The molecule has 1 atom stereocenters. The zero-order valence-electron chi connectivity index (χ0n) is 11.7. The predicted molar refractivity (Wildman–Crippen MR) is 81.6 cm³/mol. The Kier molecular flexibility index (Phi) is 4.40. The fourth-order valence-corrected chi connectivity index (χ4v) is 2.59. The molecule has 0 spiro atoms. The van der Waals surface area contributed by atoms with E-state index in [0.29, 0.717) is 17.1 Å². The Bertz CT molecular complexity index is 625. The number of benzene rings is 1. The number of halogens is 2. The summed E-state index contributed by atoms with van der Waals surface area (Å²) in [7, 11) is 0. The number of anilines is 1. The van der Waals surface area contributed by atoms with Crippen LogP contribution >= 0.6 is 23.2 Å². The lowest BCUT2D eigenvalue weighted by molar-refractivity contribution is -0.147. The summed E-state index contributed by atoms with van der Waals surface area (Å²) in [5.41, 5.74) is -0.258. The highest BCUT2D eigenvalue weighted by Crippen LogP contribution is 2.34. The van der Waals surface area contributed by atoms with Gasteiger partial charge in [0, 0.05) is 17.5 Å². The average molecular weight is 328 g/mol. The van der Waals surface area contributed by atoms with Crippen molar-refractivity contribution in [2.24, 2.45) is 11.3 Å². The largest absolute Gasteiger partial charge is 0.325 e. The van der Waals surface area contributed by atoms with E-state index in [0.717, 1.165) is 0 Å². The number of rotatable bonds is 2. The average Bonchev–Trinajstić information content (AvgIpc) is 2.39. The number of carbonyl (C=O) groups is 3. The van der Waals surface area contributed by atoms with Crippen LogP contribution in [0.3, 0.4) is 0 Å². The summed E-state index contributed by atoms with van der Waals surface area (Å²) in [6.07, 6.45) is 0.708. The van der Waals surface area contributed by atoms with Gasteiger partial charge in [-0.15, -0.1) is 0 Å². The summed E-state index contributed by atoms with van der Waals surface area (Å²) in [6, 6.07) is 4.58. The molecule has 0 saturated heterocycles. The predicted octanol–water partition coefficient (Wildman–Crippen LogP) is 3.51. The van der Waals surface area contributed by atoms with Crippen molar-refractivity contribution in [3.63, 3.8) is 0 Å². The molecule has 1 fully saturated rings. The molecule has 112 valence electrons. The highest BCUT2D eigenvalue weighted by molar-refractivity contribution is 6.42. The topological polar surface area (TPSA) is 63.2 Å². The first-order valence-electron chi connectivity index (χ1n) is 6.55. The second-order valence-electron chi connectivity index (χ2n) is 5.77. The van der Waals surface area contributed by atoms with Gasteiger partial charge in [-0.1, -0.05) is 37.0 Å². The first-order valence-corrected chi connectivity index (χ1v) is 7.31. The van der Waals surface area contributed by atoms with Crippen molar-refractivity contribution in [3.8, 4) is 0 Å². The maximum atomic E-state index is 12.3. The number of hydrogen-bond donors (Lipinski definition) is 1. The van der Waals surface area contributed by atoms with Crippen LogP contribution in [0.1, 0.15) is 26.7 Å². The van der Waals surface area contributed by atoms with Crippen LogP contribution in [0.25, 0.3) is 0 Å². The Balaban J connectivity index is 2.20. The van der Waals surface area contributed by atoms with E-state index in [1.54, 1.807) is 19.9 Å². The van der Waals surface area contributed by atoms with Crippen molar-refractivity contribution in [1.82, 2.24) is 0 Å². The molecule has 1 aromatic rings. The molecule has 1 saturated carbocycles. The smallest absolute Gasteiger partial charge is 0.242 e. The van der Waals surface area contributed by atoms with Crippen LogP contribution in [0.15, 0.2) is 18.2 Å². The molecule has 2 rings (SSSR count). The zero-order chi connectivity index (χ0) is 15.8. The maximum absolute atomic E-state index is 12.3. The molecule has 21 heavy (non-hydrogen) atoms. The van der Waals surface area contributed by atoms with E-state index in [1.165, 1.54) is 12.1 Å². The molecule has 1 amide bonds. The number of hydrogen-bond acceptors (Lipinski definition) is 3. The molecule has 0 heterocycles. The molecule has 1 aliphatic carbocycles. The molecule has 1 aliphatic rings. The van der Waals surface area contributed by atoms with Crippen molar-refractivity contribution >= 4 is 46.4 Å². The summed E-state index contributed by atoms with van der Waals surface area (Å²) >= 11 is 11.7. The van der Waals surface area contributed by atoms with Crippen LogP contribution < -0.4 is 5.32 Å². The van der Waals surface area contributed by atoms with E-state index in [1.807, 2.05) is 0 Å². The van der Waals surface area contributed by atoms with Crippen molar-refractivity contribution in [1.29, 1.82) is 0 Å². The minimum atomic E-state index is -1.25. The summed E-state index contributed by atoms with van der Waals surface area (Å²) in [6.45, 7) is 3.50. The fourth-order valence-electron chi connectivity index (χ4n) is 2.29. The second-order valence-corrected chi connectivity index (χ2v) is 6.58. The number of ketones is 2. The van der Waals surface area contributed by atoms with E-state index in [4.69, 9.17) is 23.2 Å². The van der Waals surface area contributed by atoms with Gasteiger partial charge in [0.2, 0.25) is 5.91 Å². The van der Waals surface area contributed by atoms with Crippen LogP contribution in [0.2, 0.25) is 10.0 Å². The van der Waals surface area contributed by atoms with Crippen LogP contribution in [-0.4, -0.2) is 17.5 Å². The van der Waals surface area contributed by atoms with E-state index >= 15 is 0 Å². The summed E-state index contributed by atoms with van der Waals surface area (Å²) in [5.74, 6) is -2.53. The van der Waals surface area contributed by atoms with Crippen LogP contribution in [0, 0.1) is 11.3 Å². The summed E-state index contributed by atoms with van der Waals surface area (Å²) < 4.78 is 0. The summed E-state index contributed by atoms with van der Waals surface area (Å²) in [4.78, 5) is 36.4. The fraction of sp³-hybridized carbons (Fsp3) is 0.400. The Labute approximate surface area is 132 Å². The lowest BCUT2D eigenvalue weighted by Crippen LogP contribution is -2.46. The first-order chi connectivity index (χ1) is 9.72. The standard InChI is InChI=1S/C15H15Cl2NO3/c1-15(2)6-5-11(19)12(13(15)20)14(21)18-8-3-4-9(16)10(17)7-8/h3-4,7,12H,5-6H2,1-2H3,(H,18,21). The lowest BCUT2D eigenvalue weighted by atomic mass is 9.70. The molecule has 1 N–H and O–H groups in total. The van der Waals surface area contributed by atoms with Gasteiger partial charge < -0.3 is 5.32 Å². The van der Waals surface area contributed by atoms with Gasteiger partial charge in [0.25, 0.3) is 0 Å². The molecule has 1 aromatic carbocycles. The lowest BCUT2D eigenvalue weighted by Gasteiger charge is -2.31. The van der Waals surface area contributed by atoms with E-state index in [-0.39, 0.29) is 23.0 Å². The molecule has 0 bridgehead atoms. The Morgan fingerprint density at radius 1 is 1.24 bits per heavy atom. The summed E-state index contributed by atoms with van der Waals surface area (Å²) in [5, 5.41) is 3.20. The van der Waals surface area contributed by atoms with Gasteiger partial charge in [0.05, 0.1) is 10.0 Å². The van der Waals surface area contributed by atoms with Crippen LogP contribution in [0.4, 0.5) is 5.69 Å². The van der Waals surface area contributed by atoms with Gasteiger partial charge in [0.1, 0.15) is 0 Å². The minimum Gasteiger partial charge on any atom is -0.325 e. The number of amides is 1. The normalized spacial score (nSPS) is 21.2. The Morgan fingerprint density at radius 2 is 1.90 bits per heavy atom. The van der Waals surface area contributed by atoms with Gasteiger partial charge in [0.15, 0.2) is 17.5 Å². The van der Waals surface area contributed by atoms with Crippen LogP contribution in [-0.2, 0) is 14.4 Å². The molecule has 0 aliphatic heterocycles. The molecule has 4 nitrogen and oxygen atoms in total. The minimum absolute atomic E-state index is 0.234. The highest BCUT2D eigenvalue weighted by atomic mass is 35.5. The van der Waals surface area contributed by atoms with Gasteiger partial charge in [-0.25, -0.2) is 0 Å². The Hall–Kier alpha value is -1.39. The van der Waals surface area contributed by atoms with Crippen molar-refractivity contribution < 1.29 is 14.4 Å². The van der Waals surface area contributed by atoms with E-state index < -0.39 is 17.2 Å². The maximum Gasteiger partial charge on any atom is 0.242 e. The Morgan fingerprint density at radius 3 is 2.52 bits per heavy atom. The second kappa shape index (κ2) is 5.78. The number of Topliss-reactive ketones (excluding diaryl/α,β-unsaturated/α-hetero) is 2. The van der Waals surface area contributed by atoms with Crippen LogP contribution in [0.5, 0.6) is 0 Å². The van der Waals surface area contributed by atoms with E-state index in [2.05, 4.69) is 5.32 Å². The third-order valence-electron chi connectivity index (χ3n) is 3.70. The monoisotopic (exact) mass is 327 g/mol. The third kappa shape index (κ3) is 3.27. The van der Waals surface area contributed by atoms with Gasteiger partial charge >= 0.3 is 0 Å². The van der Waals surface area contributed by atoms with Gasteiger partial charge in [-0.2, -0.15) is 0 Å². The van der Waals surface area contributed by atoms with Crippen molar-refractivity contribution in [2.75, 3.05) is 5.32 Å². The molecule has 1 unspecified atom stereocenters. The van der Waals surface area contributed by atoms with Gasteiger partial charge in [-0.05, 0) is 24.6 Å². The molecule has 0 aromatic heterocycles. The van der Waals surface area contributed by atoms with Crippen molar-refractivity contribution in [3.05, 3.63) is 28.2 Å². The highest BCUT2D eigenvalue weighted by Gasteiger charge is 2.45. The SMILES string of the molecule is CC1(C)CCC(=O)C(C(=O)Nc2ccc(Cl)c(Cl)c2)C1=O. The number of nitrogens with one attached hydrogen (secondary N) is 1. The quantitative estimate of drug-likeness (QED) is 0.845. The van der Waals surface area contributed by atoms with E-state index in [9.17, 15) is 14.4 Å². The third-order valence-corrected chi connectivity index (χ3v) is 4.44. The molecule has 0 radical (unpaired) electrons.